The van der Waals surface area contributed by atoms with Gasteiger partial charge in [0.05, 0.1) is 0 Å². The first-order chi connectivity index (χ1) is 13.6. The van der Waals surface area contributed by atoms with Gasteiger partial charge < -0.3 is 16.0 Å². The van der Waals surface area contributed by atoms with Gasteiger partial charge in [0.1, 0.15) is 12.1 Å². The number of carbonyl (C=O) groups excluding carboxylic acids is 2. The number of carbonyl (C=O) groups is 2. The molecule has 3 N–H and O–H groups in total. The van der Waals surface area contributed by atoms with Gasteiger partial charge in [0.25, 0.3) is 0 Å². The van der Waals surface area contributed by atoms with Gasteiger partial charge in [0.2, 0.25) is 11.8 Å². The van der Waals surface area contributed by atoms with Crippen LogP contribution in [0.1, 0.15) is 62.6 Å². The predicted molar refractivity (Wildman–Crippen MR) is 107 cm³/mol. The van der Waals surface area contributed by atoms with E-state index < -0.39 is 0 Å². The third-order valence-electron chi connectivity index (χ3n) is 6.63. The summed E-state index contributed by atoms with van der Waals surface area (Å²) in [6, 6.07) is 0.206. The lowest BCUT2D eigenvalue weighted by Crippen LogP contribution is -2.44. The summed E-state index contributed by atoms with van der Waals surface area (Å²) in [6.07, 6.45) is 11.4. The molecule has 4 rings (SSSR count). The number of hydrogen-bond acceptors (Lipinski definition) is 5. The molecule has 7 nitrogen and oxygen atoms in total. The monoisotopic (exact) mass is 385 g/mol. The minimum Gasteiger partial charge on any atom is -0.369 e. The van der Waals surface area contributed by atoms with Gasteiger partial charge in [-0.2, -0.15) is 0 Å². The topological polar surface area (TPSA) is 101 Å². The van der Waals surface area contributed by atoms with Crippen molar-refractivity contribution in [3.63, 3.8) is 0 Å². The number of fused-ring (bicyclic) bond motifs is 1. The van der Waals surface area contributed by atoms with Gasteiger partial charge in [-0.15, -0.1) is 0 Å². The first-order valence-electron chi connectivity index (χ1n) is 10.8. The zero-order valence-corrected chi connectivity index (χ0v) is 16.5. The molecule has 1 aliphatic heterocycles. The van der Waals surface area contributed by atoms with Crippen molar-refractivity contribution < 1.29 is 9.59 Å². The van der Waals surface area contributed by atoms with Crippen LogP contribution < -0.4 is 11.1 Å². The number of rotatable bonds is 4. The van der Waals surface area contributed by atoms with Crippen LogP contribution in [0.4, 0.5) is 5.82 Å². The van der Waals surface area contributed by atoms with E-state index in [1.165, 1.54) is 17.7 Å². The van der Waals surface area contributed by atoms with Gasteiger partial charge in [-0.3, -0.25) is 9.59 Å². The zero-order chi connectivity index (χ0) is 19.5. The Hall–Kier alpha value is -2.18. The molecule has 2 aliphatic carbocycles. The Morgan fingerprint density at radius 3 is 2.71 bits per heavy atom. The van der Waals surface area contributed by atoms with Crippen molar-refractivity contribution in [2.45, 2.75) is 70.3 Å². The van der Waals surface area contributed by atoms with Crippen molar-refractivity contribution in [2.75, 3.05) is 18.4 Å². The number of amides is 2. The number of aryl methyl sites for hydroxylation is 1. The number of nitrogens with zero attached hydrogens (tertiary/aromatic N) is 3. The van der Waals surface area contributed by atoms with Crippen LogP contribution in [0.15, 0.2) is 6.33 Å². The molecule has 0 aromatic carbocycles. The first-order valence-corrected chi connectivity index (χ1v) is 10.8. The maximum absolute atomic E-state index is 13.1. The molecule has 0 radical (unpaired) electrons. The highest BCUT2D eigenvalue weighted by molar-refractivity contribution is 5.82. The summed E-state index contributed by atoms with van der Waals surface area (Å²) in [5.41, 5.74) is 7.87. The van der Waals surface area contributed by atoms with E-state index in [-0.39, 0.29) is 29.7 Å². The highest BCUT2D eigenvalue weighted by atomic mass is 16.2. The molecule has 3 atom stereocenters. The minimum atomic E-state index is -0.264. The fourth-order valence-electron chi connectivity index (χ4n) is 5.04. The molecule has 1 aromatic heterocycles. The van der Waals surface area contributed by atoms with Crippen LogP contribution in [0.2, 0.25) is 0 Å². The summed E-state index contributed by atoms with van der Waals surface area (Å²) in [5.74, 6) is 0.697. The molecule has 28 heavy (non-hydrogen) atoms. The maximum Gasteiger partial charge on any atom is 0.225 e. The van der Waals surface area contributed by atoms with Gasteiger partial charge in [-0.1, -0.05) is 12.8 Å². The maximum atomic E-state index is 13.1. The normalized spacial score (nSPS) is 27.7. The smallest absolute Gasteiger partial charge is 0.225 e. The first kappa shape index (κ1) is 19.2. The Kier molecular flexibility index (Phi) is 5.78. The Labute approximate surface area is 166 Å². The average molecular weight is 386 g/mol. The summed E-state index contributed by atoms with van der Waals surface area (Å²) < 4.78 is 0. The summed E-state index contributed by atoms with van der Waals surface area (Å²) >= 11 is 0. The van der Waals surface area contributed by atoms with E-state index in [0.717, 1.165) is 63.7 Å². The largest absolute Gasteiger partial charge is 0.369 e. The van der Waals surface area contributed by atoms with Crippen LogP contribution in [0.3, 0.4) is 0 Å². The van der Waals surface area contributed by atoms with E-state index in [1.54, 1.807) is 6.33 Å². The van der Waals surface area contributed by atoms with Crippen LogP contribution >= 0.6 is 0 Å². The van der Waals surface area contributed by atoms with Crippen LogP contribution in [0.5, 0.6) is 0 Å². The van der Waals surface area contributed by atoms with Gasteiger partial charge in [0.15, 0.2) is 0 Å². The number of primary amides is 1. The summed E-state index contributed by atoms with van der Waals surface area (Å²) in [7, 11) is 0. The minimum absolute atomic E-state index is 0.0547. The molecule has 7 heteroatoms. The number of anilines is 1. The molecule has 0 spiro atoms. The average Bonchev–Trinajstić information content (AvgIpc) is 3.33. The second kappa shape index (κ2) is 8.45. The molecule has 3 aliphatic rings. The number of aromatic nitrogens is 2. The third-order valence-corrected chi connectivity index (χ3v) is 6.63. The molecule has 2 heterocycles. The lowest BCUT2D eigenvalue weighted by atomic mass is 10.00. The molecule has 2 amide bonds. The zero-order valence-electron chi connectivity index (χ0n) is 16.5. The summed E-state index contributed by atoms with van der Waals surface area (Å²) in [4.78, 5) is 35.5. The Bertz CT molecular complexity index is 738. The molecule has 1 saturated heterocycles. The molecule has 152 valence electrons. The van der Waals surface area contributed by atoms with E-state index in [4.69, 9.17) is 5.73 Å². The van der Waals surface area contributed by atoms with Crippen molar-refractivity contribution >= 4 is 17.6 Å². The SMILES string of the molecule is NC(=O)[C@@H]1CC[C@H](C(=O)N2CCCCCC(Nc3ncnc4c3CCC4)C2)C1. The van der Waals surface area contributed by atoms with Gasteiger partial charge in [-0.25, -0.2) is 9.97 Å². The highest BCUT2D eigenvalue weighted by Gasteiger charge is 2.35. The van der Waals surface area contributed by atoms with E-state index in [2.05, 4.69) is 15.3 Å². The molecular formula is C21H31N5O2. The second-order valence-electron chi connectivity index (χ2n) is 8.59. The Morgan fingerprint density at radius 1 is 1.04 bits per heavy atom. The Morgan fingerprint density at radius 2 is 1.89 bits per heavy atom. The fraction of sp³-hybridized carbons (Fsp3) is 0.714. The molecule has 1 aromatic rings. The number of likely N-dealkylation sites (tertiary alicyclic amines) is 1. The molecular weight excluding hydrogens is 354 g/mol. The van der Waals surface area contributed by atoms with E-state index in [9.17, 15) is 9.59 Å². The fourth-order valence-corrected chi connectivity index (χ4v) is 5.04. The van der Waals surface area contributed by atoms with Crippen LogP contribution in [-0.2, 0) is 22.4 Å². The van der Waals surface area contributed by atoms with Gasteiger partial charge in [-0.05, 0) is 51.4 Å². The van der Waals surface area contributed by atoms with Crippen LogP contribution in [0.25, 0.3) is 0 Å². The number of nitrogens with two attached hydrogens (primary N) is 1. The molecule has 1 unspecified atom stereocenters. The van der Waals surface area contributed by atoms with Gasteiger partial charge in [0, 0.05) is 42.2 Å². The lowest BCUT2D eigenvalue weighted by molar-refractivity contribution is -0.136. The molecule has 2 fully saturated rings. The summed E-state index contributed by atoms with van der Waals surface area (Å²) in [6.45, 7) is 1.51. The standard InChI is InChI=1S/C21H31N5O2/c22-19(27)14-8-9-15(11-14)21(28)26-10-3-1-2-5-16(12-26)25-20-17-6-4-7-18(17)23-13-24-20/h13-16H,1-12H2,(H2,22,27)(H,23,24,25)/t14-,15+,16?/m1/s1. The van der Waals surface area contributed by atoms with Crippen molar-refractivity contribution in [3.8, 4) is 0 Å². The van der Waals surface area contributed by atoms with Crippen LogP contribution in [-0.4, -0.2) is 45.8 Å². The lowest BCUT2D eigenvalue weighted by Gasteiger charge is -2.33. The third kappa shape index (κ3) is 4.13. The quantitative estimate of drug-likeness (QED) is 0.826. The van der Waals surface area contributed by atoms with E-state index >= 15 is 0 Å². The van der Waals surface area contributed by atoms with Crippen molar-refractivity contribution in [1.29, 1.82) is 0 Å². The summed E-state index contributed by atoms with van der Waals surface area (Å²) in [5, 5.41) is 3.63. The second-order valence-corrected chi connectivity index (χ2v) is 8.59. The molecule has 0 bridgehead atoms. The van der Waals surface area contributed by atoms with Crippen LogP contribution in [0, 0.1) is 11.8 Å². The van der Waals surface area contributed by atoms with E-state index in [1.807, 2.05) is 4.90 Å². The number of nitrogens with one attached hydrogen (secondary N) is 1. The van der Waals surface area contributed by atoms with E-state index in [0.29, 0.717) is 13.0 Å². The number of hydrogen-bond donors (Lipinski definition) is 2. The molecule has 1 saturated carbocycles. The van der Waals surface area contributed by atoms with Gasteiger partial charge >= 0.3 is 0 Å². The predicted octanol–water partition coefficient (Wildman–Crippen LogP) is 2.05. The van der Waals surface area contributed by atoms with Crippen molar-refractivity contribution in [1.82, 2.24) is 14.9 Å². The van der Waals surface area contributed by atoms with Crippen molar-refractivity contribution in [2.24, 2.45) is 17.6 Å². The van der Waals surface area contributed by atoms with Crippen molar-refractivity contribution in [3.05, 3.63) is 17.6 Å². The highest BCUT2D eigenvalue weighted by Crippen LogP contribution is 2.33. The Balaban J connectivity index is 1.43.